The first-order chi connectivity index (χ1) is 12.3. The van der Waals surface area contributed by atoms with Crippen molar-refractivity contribution in [3.8, 4) is 0 Å². The molecular formula is C20H24N2O4. The number of hydrogen-bond acceptors (Lipinski definition) is 3. The maximum Gasteiger partial charge on any atom is 0.303 e. The van der Waals surface area contributed by atoms with E-state index in [-0.39, 0.29) is 18.1 Å². The largest absolute Gasteiger partial charge is 0.481 e. The molecule has 2 aromatic rings. The Balaban J connectivity index is 2.28. The van der Waals surface area contributed by atoms with E-state index in [9.17, 15) is 14.4 Å². The summed E-state index contributed by atoms with van der Waals surface area (Å²) in [6.07, 6.45) is 0.367. The van der Waals surface area contributed by atoms with Crippen LogP contribution in [0.25, 0.3) is 0 Å². The molecule has 138 valence electrons. The highest BCUT2D eigenvalue weighted by Gasteiger charge is 2.24. The van der Waals surface area contributed by atoms with Crippen LogP contribution < -0.4 is 0 Å². The zero-order valence-electron chi connectivity index (χ0n) is 15.3. The molecule has 6 nitrogen and oxygen atoms in total. The van der Waals surface area contributed by atoms with E-state index in [0.717, 1.165) is 5.56 Å². The van der Waals surface area contributed by atoms with Crippen molar-refractivity contribution < 1.29 is 19.5 Å². The van der Waals surface area contributed by atoms with Crippen LogP contribution in [0.1, 0.15) is 57.4 Å². The average molecular weight is 356 g/mol. The second-order valence-electron chi connectivity index (χ2n) is 6.39. The highest BCUT2D eigenvalue weighted by atomic mass is 16.4. The number of nitrogens with zero attached hydrogens (tertiary/aromatic N) is 1. The lowest BCUT2D eigenvalue weighted by Crippen LogP contribution is -2.32. The third-order valence-corrected chi connectivity index (χ3v) is 4.33. The molecule has 2 rings (SSSR count). The summed E-state index contributed by atoms with van der Waals surface area (Å²) in [4.78, 5) is 40.4. The van der Waals surface area contributed by atoms with Crippen LogP contribution in [-0.4, -0.2) is 39.2 Å². The van der Waals surface area contributed by atoms with Crippen LogP contribution in [-0.2, 0) is 11.3 Å². The van der Waals surface area contributed by atoms with E-state index in [1.807, 2.05) is 30.3 Å². The highest BCUT2D eigenvalue weighted by molar-refractivity contribution is 6.02. The molecule has 0 spiro atoms. The topological polar surface area (TPSA) is 90.5 Å². The minimum absolute atomic E-state index is 0.00000171. The molecule has 26 heavy (non-hydrogen) atoms. The Labute approximate surface area is 152 Å². The van der Waals surface area contributed by atoms with E-state index in [1.165, 1.54) is 6.92 Å². The van der Waals surface area contributed by atoms with Gasteiger partial charge in [0.2, 0.25) is 0 Å². The predicted octanol–water partition coefficient (Wildman–Crippen LogP) is 3.34. The molecule has 1 aromatic heterocycles. The third kappa shape index (κ3) is 4.59. The summed E-state index contributed by atoms with van der Waals surface area (Å²) in [6.45, 7) is 5.71. The highest BCUT2D eigenvalue weighted by Crippen LogP contribution is 2.21. The number of aryl methyl sites for hydroxylation is 1. The fourth-order valence-electron chi connectivity index (χ4n) is 3.13. The number of carboxylic acids is 1. The summed E-state index contributed by atoms with van der Waals surface area (Å²) in [5, 5.41) is 8.87. The van der Waals surface area contributed by atoms with Gasteiger partial charge in [-0.1, -0.05) is 30.3 Å². The van der Waals surface area contributed by atoms with Crippen molar-refractivity contribution in [2.75, 3.05) is 6.54 Å². The van der Waals surface area contributed by atoms with Crippen molar-refractivity contribution in [2.24, 2.45) is 0 Å². The minimum Gasteiger partial charge on any atom is -0.481 e. The fraction of sp³-hybridized carbons (Fsp3) is 0.350. The summed E-state index contributed by atoms with van der Waals surface area (Å²) >= 11 is 0. The molecule has 0 unspecified atom stereocenters. The zero-order valence-corrected chi connectivity index (χ0v) is 15.3. The van der Waals surface area contributed by atoms with Gasteiger partial charge in [0.25, 0.3) is 5.91 Å². The van der Waals surface area contributed by atoms with Gasteiger partial charge in [-0.25, -0.2) is 0 Å². The smallest absolute Gasteiger partial charge is 0.303 e. The number of aliphatic carboxylic acids is 1. The lowest BCUT2D eigenvalue weighted by Gasteiger charge is -2.22. The van der Waals surface area contributed by atoms with E-state index in [2.05, 4.69) is 4.98 Å². The van der Waals surface area contributed by atoms with Crippen LogP contribution in [0.2, 0.25) is 0 Å². The molecule has 1 heterocycles. The summed E-state index contributed by atoms with van der Waals surface area (Å²) in [5.41, 5.74) is 3.20. The van der Waals surface area contributed by atoms with Crippen LogP contribution >= 0.6 is 0 Å². The number of aromatic amines is 1. The van der Waals surface area contributed by atoms with Gasteiger partial charge >= 0.3 is 5.97 Å². The minimum atomic E-state index is -0.886. The molecule has 0 aliphatic rings. The monoisotopic (exact) mass is 356 g/mol. The summed E-state index contributed by atoms with van der Waals surface area (Å²) in [6, 6.07) is 9.54. The quantitative estimate of drug-likeness (QED) is 0.710. The van der Waals surface area contributed by atoms with Crippen LogP contribution in [0.4, 0.5) is 0 Å². The van der Waals surface area contributed by atoms with Gasteiger partial charge in [-0.05, 0) is 38.3 Å². The van der Waals surface area contributed by atoms with E-state index in [0.29, 0.717) is 42.0 Å². The van der Waals surface area contributed by atoms with Crippen LogP contribution in [0.3, 0.4) is 0 Å². The number of carbonyl (C=O) groups is 3. The summed E-state index contributed by atoms with van der Waals surface area (Å²) in [5.74, 6) is -1.20. The Hall–Kier alpha value is -2.89. The van der Waals surface area contributed by atoms with Gasteiger partial charge in [0.05, 0.1) is 0 Å². The van der Waals surface area contributed by atoms with E-state index < -0.39 is 5.97 Å². The molecule has 0 atom stereocenters. The number of carboxylic acid groups (broad SMARTS) is 1. The maximum absolute atomic E-state index is 13.1. The number of hydrogen-bond donors (Lipinski definition) is 2. The van der Waals surface area contributed by atoms with Gasteiger partial charge in [0.15, 0.2) is 5.78 Å². The van der Waals surface area contributed by atoms with E-state index >= 15 is 0 Å². The second kappa shape index (κ2) is 8.47. The molecule has 1 amide bonds. The number of rotatable bonds is 8. The van der Waals surface area contributed by atoms with Gasteiger partial charge in [-0.2, -0.15) is 0 Å². The van der Waals surface area contributed by atoms with Gasteiger partial charge < -0.3 is 15.0 Å². The molecule has 0 saturated carbocycles. The van der Waals surface area contributed by atoms with Crippen molar-refractivity contribution in [1.29, 1.82) is 0 Å². The zero-order chi connectivity index (χ0) is 19.3. The van der Waals surface area contributed by atoms with Crippen molar-refractivity contribution in [2.45, 2.75) is 40.2 Å². The number of aromatic nitrogens is 1. The van der Waals surface area contributed by atoms with Gasteiger partial charge in [-0.15, -0.1) is 0 Å². The van der Waals surface area contributed by atoms with Crippen LogP contribution in [0, 0.1) is 13.8 Å². The third-order valence-electron chi connectivity index (χ3n) is 4.33. The number of amides is 1. The SMILES string of the molecule is CC(=O)c1c(C)[nH]c(C(=O)N(CCCC(=O)O)Cc2ccccc2)c1C. The molecule has 0 radical (unpaired) electrons. The van der Waals surface area contributed by atoms with E-state index in [1.54, 1.807) is 18.7 Å². The number of ketones is 1. The standard InChI is InChI=1S/C20H24N2O4/c1-13-18(15(3)23)14(2)21-19(13)20(26)22(11-7-10-17(24)25)12-16-8-5-4-6-9-16/h4-6,8-9,21H,7,10-12H2,1-3H3,(H,24,25). The number of nitrogens with one attached hydrogen (secondary N) is 1. The van der Waals surface area contributed by atoms with Gasteiger partial charge in [0, 0.05) is 30.8 Å². The number of carbonyl (C=O) groups excluding carboxylic acids is 2. The molecule has 0 fully saturated rings. The Morgan fingerprint density at radius 2 is 1.77 bits per heavy atom. The molecule has 0 saturated heterocycles. The Morgan fingerprint density at radius 1 is 1.12 bits per heavy atom. The number of Topliss-reactive ketones (excluding diaryl/α,β-unsaturated/α-hetero) is 1. The lowest BCUT2D eigenvalue weighted by molar-refractivity contribution is -0.137. The van der Waals surface area contributed by atoms with Crippen molar-refractivity contribution in [1.82, 2.24) is 9.88 Å². The predicted molar refractivity (Wildman–Crippen MR) is 98.3 cm³/mol. The van der Waals surface area contributed by atoms with Gasteiger partial charge in [0.1, 0.15) is 5.69 Å². The Morgan fingerprint density at radius 3 is 2.31 bits per heavy atom. The Kier molecular flexibility index (Phi) is 6.33. The first-order valence-electron chi connectivity index (χ1n) is 8.56. The van der Waals surface area contributed by atoms with E-state index in [4.69, 9.17) is 5.11 Å². The number of benzene rings is 1. The van der Waals surface area contributed by atoms with Crippen molar-refractivity contribution >= 4 is 17.7 Å². The first-order valence-corrected chi connectivity index (χ1v) is 8.56. The lowest BCUT2D eigenvalue weighted by atomic mass is 10.1. The molecule has 0 aliphatic heterocycles. The maximum atomic E-state index is 13.1. The van der Waals surface area contributed by atoms with Crippen LogP contribution in [0.15, 0.2) is 30.3 Å². The normalized spacial score (nSPS) is 10.6. The molecule has 0 aliphatic carbocycles. The molecular weight excluding hydrogens is 332 g/mol. The summed E-state index contributed by atoms with van der Waals surface area (Å²) in [7, 11) is 0. The fourth-order valence-corrected chi connectivity index (χ4v) is 3.13. The Bertz CT molecular complexity index is 809. The van der Waals surface area contributed by atoms with Crippen LogP contribution in [0.5, 0.6) is 0 Å². The second-order valence-corrected chi connectivity index (χ2v) is 6.39. The van der Waals surface area contributed by atoms with Gasteiger partial charge in [-0.3, -0.25) is 14.4 Å². The van der Waals surface area contributed by atoms with Crippen molar-refractivity contribution in [3.05, 3.63) is 58.4 Å². The summed E-state index contributed by atoms with van der Waals surface area (Å²) < 4.78 is 0. The first kappa shape index (κ1) is 19.4. The van der Waals surface area contributed by atoms with Crippen molar-refractivity contribution in [3.63, 3.8) is 0 Å². The molecule has 6 heteroatoms. The number of H-pyrrole nitrogens is 1. The molecule has 2 N–H and O–H groups in total. The molecule has 1 aromatic carbocycles. The molecule has 0 bridgehead atoms. The average Bonchev–Trinajstić information content (AvgIpc) is 2.88.